The zero-order chi connectivity index (χ0) is 11.6. The fourth-order valence-corrected chi connectivity index (χ4v) is 1.34. The topological polar surface area (TPSA) is 55.1 Å². The van der Waals surface area contributed by atoms with Crippen molar-refractivity contribution in [2.24, 2.45) is 12.5 Å². The third-order valence-corrected chi connectivity index (χ3v) is 2.26. The normalized spacial score (nSPS) is 13.9. The molecule has 1 aromatic rings. The lowest BCUT2D eigenvalue weighted by Gasteiger charge is -2.24. The summed E-state index contributed by atoms with van der Waals surface area (Å²) in [5, 5.41) is 13.7. The van der Waals surface area contributed by atoms with Crippen LogP contribution in [0.5, 0.6) is 0 Å². The first-order chi connectivity index (χ1) is 6.80. The van der Waals surface area contributed by atoms with Gasteiger partial charge in [0.15, 0.2) is 5.78 Å². The van der Waals surface area contributed by atoms with Gasteiger partial charge in [-0.2, -0.15) is 5.10 Å². The summed E-state index contributed by atoms with van der Waals surface area (Å²) in [6.45, 7) is 5.54. The molecule has 0 amide bonds. The second-order valence-electron chi connectivity index (χ2n) is 4.93. The van der Waals surface area contributed by atoms with Gasteiger partial charge in [-0.15, -0.1) is 0 Å². The zero-order valence-corrected chi connectivity index (χ0v) is 9.69. The maximum Gasteiger partial charge on any atom is 0.166 e. The summed E-state index contributed by atoms with van der Waals surface area (Å²) in [4.78, 5) is 11.7. The van der Waals surface area contributed by atoms with Crippen molar-refractivity contribution in [2.75, 3.05) is 0 Å². The van der Waals surface area contributed by atoms with E-state index in [1.807, 2.05) is 20.8 Å². The third kappa shape index (κ3) is 3.16. The Balaban J connectivity index is 2.64. The fraction of sp³-hybridized carbons (Fsp3) is 0.636. The summed E-state index contributed by atoms with van der Waals surface area (Å²) in [5.74, 6) is -0.157. The number of Topliss-reactive ketones (excluding diaryl/α,β-unsaturated/α-hetero) is 1. The molecule has 1 N–H and O–H groups in total. The van der Waals surface area contributed by atoms with Crippen LogP contribution in [-0.4, -0.2) is 26.8 Å². The Bertz CT molecular complexity index is 350. The molecule has 0 bridgehead atoms. The Morgan fingerprint density at radius 1 is 1.60 bits per heavy atom. The highest BCUT2D eigenvalue weighted by Gasteiger charge is 2.28. The average Bonchev–Trinajstić information content (AvgIpc) is 2.48. The standard InChI is InChI=1S/C11H18N2O2/c1-11(2,3)10(15)9(14)5-8-6-12-13(4)7-8/h6-7,10,15H,5H2,1-4H3. The SMILES string of the molecule is Cn1cc(CC(=O)C(O)C(C)(C)C)cn1. The van der Waals surface area contributed by atoms with Crippen molar-refractivity contribution in [3.8, 4) is 0 Å². The van der Waals surface area contributed by atoms with E-state index < -0.39 is 11.5 Å². The first-order valence-corrected chi connectivity index (χ1v) is 4.99. The predicted octanol–water partition coefficient (Wildman–Crippen LogP) is 0.939. The van der Waals surface area contributed by atoms with Crippen molar-refractivity contribution in [3.05, 3.63) is 18.0 Å². The highest BCUT2D eigenvalue weighted by atomic mass is 16.3. The molecule has 1 aromatic heterocycles. The summed E-state index contributed by atoms with van der Waals surface area (Å²) in [6.07, 6.45) is 2.75. The van der Waals surface area contributed by atoms with Gasteiger partial charge in [-0.05, 0) is 11.0 Å². The summed E-state index contributed by atoms with van der Waals surface area (Å²) in [5.41, 5.74) is 0.435. The second kappa shape index (κ2) is 4.14. The van der Waals surface area contributed by atoms with Gasteiger partial charge in [0, 0.05) is 19.7 Å². The second-order valence-corrected chi connectivity index (χ2v) is 4.93. The minimum absolute atomic E-state index is 0.157. The average molecular weight is 210 g/mol. The monoisotopic (exact) mass is 210 g/mol. The van der Waals surface area contributed by atoms with Gasteiger partial charge in [-0.3, -0.25) is 9.48 Å². The third-order valence-electron chi connectivity index (χ3n) is 2.26. The number of hydrogen-bond acceptors (Lipinski definition) is 3. The quantitative estimate of drug-likeness (QED) is 0.807. The molecule has 0 saturated carbocycles. The maximum absolute atomic E-state index is 11.7. The van der Waals surface area contributed by atoms with E-state index in [9.17, 15) is 9.90 Å². The number of hydrogen-bond donors (Lipinski definition) is 1. The van der Waals surface area contributed by atoms with Crippen LogP contribution in [0.25, 0.3) is 0 Å². The number of rotatable bonds is 3. The van der Waals surface area contributed by atoms with Gasteiger partial charge >= 0.3 is 0 Å². The molecule has 1 rings (SSSR count). The van der Waals surface area contributed by atoms with Crippen molar-refractivity contribution < 1.29 is 9.90 Å². The molecule has 0 aliphatic carbocycles. The van der Waals surface area contributed by atoms with E-state index in [0.29, 0.717) is 0 Å². The number of aliphatic hydroxyl groups excluding tert-OH is 1. The van der Waals surface area contributed by atoms with Crippen molar-refractivity contribution >= 4 is 5.78 Å². The Hall–Kier alpha value is -1.16. The Morgan fingerprint density at radius 3 is 2.60 bits per heavy atom. The van der Waals surface area contributed by atoms with E-state index in [-0.39, 0.29) is 12.2 Å². The van der Waals surface area contributed by atoms with Crippen molar-refractivity contribution in [3.63, 3.8) is 0 Å². The zero-order valence-electron chi connectivity index (χ0n) is 9.69. The van der Waals surface area contributed by atoms with Crippen LogP contribution < -0.4 is 0 Å². The van der Waals surface area contributed by atoms with Crippen LogP contribution in [-0.2, 0) is 18.3 Å². The van der Waals surface area contributed by atoms with Crippen molar-refractivity contribution in [2.45, 2.75) is 33.3 Å². The summed E-state index contributed by atoms with van der Waals surface area (Å²) in [6, 6.07) is 0. The molecule has 0 fully saturated rings. The van der Waals surface area contributed by atoms with Crippen LogP contribution in [0, 0.1) is 5.41 Å². The molecular formula is C11H18N2O2. The molecule has 0 spiro atoms. The predicted molar refractivity (Wildman–Crippen MR) is 57.4 cm³/mol. The maximum atomic E-state index is 11.7. The van der Waals surface area contributed by atoms with Gasteiger partial charge < -0.3 is 5.11 Å². The largest absolute Gasteiger partial charge is 0.385 e. The van der Waals surface area contributed by atoms with Gasteiger partial charge in [-0.1, -0.05) is 20.8 Å². The fourth-order valence-electron chi connectivity index (χ4n) is 1.34. The van der Waals surface area contributed by atoms with E-state index in [2.05, 4.69) is 5.10 Å². The first kappa shape index (κ1) is 11.9. The first-order valence-electron chi connectivity index (χ1n) is 4.99. The van der Waals surface area contributed by atoms with Crippen LogP contribution >= 0.6 is 0 Å². The molecule has 0 saturated heterocycles. The lowest BCUT2D eigenvalue weighted by molar-refractivity contribution is -0.131. The molecule has 0 radical (unpaired) electrons. The number of aliphatic hydroxyl groups is 1. The van der Waals surface area contributed by atoms with E-state index in [0.717, 1.165) is 5.56 Å². The van der Waals surface area contributed by atoms with Crippen LogP contribution in [0.1, 0.15) is 26.3 Å². The van der Waals surface area contributed by atoms with Gasteiger partial charge in [-0.25, -0.2) is 0 Å². The van der Waals surface area contributed by atoms with Crippen LogP contribution in [0.2, 0.25) is 0 Å². The molecule has 4 nitrogen and oxygen atoms in total. The van der Waals surface area contributed by atoms with E-state index >= 15 is 0 Å². The molecule has 15 heavy (non-hydrogen) atoms. The van der Waals surface area contributed by atoms with Crippen molar-refractivity contribution in [1.29, 1.82) is 0 Å². The summed E-state index contributed by atoms with van der Waals surface area (Å²) >= 11 is 0. The van der Waals surface area contributed by atoms with Gasteiger partial charge in [0.2, 0.25) is 0 Å². The molecule has 1 heterocycles. The minimum atomic E-state index is -0.919. The molecule has 0 aliphatic rings. The molecular weight excluding hydrogens is 192 g/mol. The summed E-state index contributed by atoms with van der Waals surface area (Å²) < 4.78 is 1.64. The summed E-state index contributed by atoms with van der Waals surface area (Å²) in [7, 11) is 1.80. The van der Waals surface area contributed by atoms with Gasteiger partial charge in [0.25, 0.3) is 0 Å². The van der Waals surface area contributed by atoms with Crippen LogP contribution in [0.15, 0.2) is 12.4 Å². The highest BCUT2D eigenvalue weighted by molar-refractivity contribution is 5.85. The lowest BCUT2D eigenvalue weighted by atomic mass is 9.85. The molecule has 4 heteroatoms. The number of aromatic nitrogens is 2. The number of nitrogens with zero attached hydrogens (tertiary/aromatic N) is 2. The Kier molecular flexibility index (Phi) is 3.29. The highest BCUT2D eigenvalue weighted by Crippen LogP contribution is 2.20. The van der Waals surface area contributed by atoms with E-state index in [4.69, 9.17) is 0 Å². The Morgan fingerprint density at radius 2 is 2.20 bits per heavy atom. The van der Waals surface area contributed by atoms with E-state index in [1.54, 1.807) is 24.1 Å². The molecule has 84 valence electrons. The lowest BCUT2D eigenvalue weighted by Crippen LogP contribution is -2.35. The number of aryl methyl sites for hydroxylation is 1. The van der Waals surface area contributed by atoms with Crippen LogP contribution in [0.4, 0.5) is 0 Å². The van der Waals surface area contributed by atoms with E-state index in [1.165, 1.54) is 0 Å². The van der Waals surface area contributed by atoms with Gasteiger partial charge in [0.1, 0.15) is 6.10 Å². The molecule has 1 unspecified atom stereocenters. The smallest absolute Gasteiger partial charge is 0.166 e. The molecule has 1 atom stereocenters. The number of ketones is 1. The molecule has 0 aromatic carbocycles. The number of carbonyl (C=O) groups is 1. The van der Waals surface area contributed by atoms with Gasteiger partial charge in [0.05, 0.1) is 6.20 Å². The van der Waals surface area contributed by atoms with Crippen molar-refractivity contribution in [1.82, 2.24) is 9.78 Å². The molecule has 0 aliphatic heterocycles. The Labute approximate surface area is 89.9 Å². The number of carbonyl (C=O) groups excluding carboxylic acids is 1. The van der Waals surface area contributed by atoms with Crippen LogP contribution in [0.3, 0.4) is 0 Å². The minimum Gasteiger partial charge on any atom is -0.385 e.